The van der Waals surface area contributed by atoms with E-state index in [9.17, 15) is 4.79 Å². The normalized spacial score (nSPS) is 10.9. The molecule has 0 aliphatic heterocycles. The summed E-state index contributed by atoms with van der Waals surface area (Å²) in [5, 5.41) is 4.28. The van der Waals surface area contributed by atoms with Crippen LogP contribution in [0.5, 0.6) is 0 Å². The van der Waals surface area contributed by atoms with Crippen molar-refractivity contribution >= 4 is 17.6 Å². The SMILES string of the molecule is CCc1c(C(=O)OC)nn(C(C)C)c1CCl. The third-order valence-corrected chi connectivity index (χ3v) is 2.72. The Balaban J connectivity index is 3.34. The standard InChI is InChI=1S/C11H17ClN2O2/c1-5-8-9(6-12)14(7(2)3)13-10(8)11(15)16-4/h7H,5-6H2,1-4H3. The van der Waals surface area contributed by atoms with Gasteiger partial charge in [-0.3, -0.25) is 4.68 Å². The van der Waals surface area contributed by atoms with Crippen molar-refractivity contribution in [2.24, 2.45) is 0 Å². The van der Waals surface area contributed by atoms with Gasteiger partial charge in [-0.15, -0.1) is 11.6 Å². The maximum absolute atomic E-state index is 11.6. The minimum Gasteiger partial charge on any atom is -0.464 e. The number of hydrogen-bond acceptors (Lipinski definition) is 3. The fraction of sp³-hybridized carbons (Fsp3) is 0.636. The maximum Gasteiger partial charge on any atom is 0.358 e. The van der Waals surface area contributed by atoms with Crippen molar-refractivity contribution in [1.82, 2.24) is 9.78 Å². The number of hydrogen-bond donors (Lipinski definition) is 0. The van der Waals surface area contributed by atoms with E-state index in [4.69, 9.17) is 16.3 Å². The van der Waals surface area contributed by atoms with Gasteiger partial charge in [0, 0.05) is 11.6 Å². The summed E-state index contributed by atoms with van der Waals surface area (Å²) in [7, 11) is 1.36. The number of halogens is 1. The highest BCUT2D eigenvalue weighted by molar-refractivity contribution is 6.17. The molecule has 4 nitrogen and oxygen atoms in total. The number of nitrogens with zero attached hydrogens (tertiary/aromatic N) is 2. The molecule has 90 valence electrons. The van der Waals surface area contributed by atoms with Crippen LogP contribution in [0.15, 0.2) is 0 Å². The largest absolute Gasteiger partial charge is 0.464 e. The van der Waals surface area contributed by atoms with E-state index in [1.165, 1.54) is 7.11 Å². The Labute approximate surface area is 101 Å². The molecular formula is C11H17ClN2O2. The van der Waals surface area contributed by atoms with Gasteiger partial charge in [-0.1, -0.05) is 6.92 Å². The van der Waals surface area contributed by atoms with E-state index in [1.54, 1.807) is 4.68 Å². The first-order chi connectivity index (χ1) is 7.56. The zero-order chi connectivity index (χ0) is 12.3. The molecule has 0 aliphatic rings. The quantitative estimate of drug-likeness (QED) is 0.604. The molecule has 1 aromatic heterocycles. The fourth-order valence-corrected chi connectivity index (χ4v) is 1.99. The Bertz CT molecular complexity index is 386. The molecule has 1 heterocycles. The van der Waals surface area contributed by atoms with Gasteiger partial charge >= 0.3 is 5.97 Å². The molecule has 0 bridgehead atoms. The summed E-state index contributed by atoms with van der Waals surface area (Å²) in [5.41, 5.74) is 2.17. The number of carbonyl (C=O) groups is 1. The first kappa shape index (κ1) is 13.0. The van der Waals surface area contributed by atoms with Gasteiger partial charge in [0.05, 0.1) is 18.7 Å². The Kier molecular flexibility index (Phi) is 4.35. The molecular weight excluding hydrogens is 228 g/mol. The van der Waals surface area contributed by atoms with Gasteiger partial charge in [0.2, 0.25) is 0 Å². The second kappa shape index (κ2) is 5.34. The predicted molar refractivity (Wildman–Crippen MR) is 62.9 cm³/mol. The van der Waals surface area contributed by atoms with E-state index in [-0.39, 0.29) is 6.04 Å². The lowest BCUT2D eigenvalue weighted by Crippen LogP contribution is -2.08. The second-order valence-corrected chi connectivity index (χ2v) is 4.06. The number of ether oxygens (including phenoxy) is 1. The Morgan fingerprint density at radius 3 is 2.56 bits per heavy atom. The average molecular weight is 245 g/mol. The van der Waals surface area contributed by atoms with E-state index in [0.29, 0.717) is 11.6 Å². The predicted octanol–water partition coefficient (Wildman–Crippen LogP) is 2.55. The number of rotatable bonds is 4. The molecule has 0 atom stereocenters. The Morgan fingerprint density at radius 1 is 1.56 bits per heavy atom. The zero-order valence-corrected chi connectivity index (χ0v) is 10.8. The number of alkyl halides is 1. The molecule has 0 aliphatic carbocycles. The topological polar surface area (TPSA) is 44.1 Å². The Hall–Kier alpha value is -1.03. The molecule has 0 amide bonds. The molecule has 5 heteroatoms. The van der Waals surface area contributed by atoms with Crippen LogP contribution in [0.1, 0.15) is 48.6 Å². The van der Waals surface area contributed by atoms with Crippen molar-refractivity contribution in [2.75, 3.05) is 7.11 Å². The molecule has 0 saturated carbocycles. The van der Waals surface area contributed by atoms with Gasteiger partial charge in [-0.05, 0) is 20.3 Å². The molecule has 16 heavy (non-hydrogen) atoms. The van der Waals surface area contributed by atoms with Crippen molar-refractivity contribution in [3.8, 4) is 0 Å². The number of aromatic nitrogens is 2. The lowest BCUT2D eigenvalue weighted by Gasteiger charge is -2.09. The van der Waals surface area contributed by atoms with Crippen LogP contribution in [0.25, 0.3) is 0 Å². The summed E-state index contributed by atoms with van der Waals surface area (Å²) in [6.07, 6.45) is 0.721. The molecule has 0 aromatic carbocycles. The summed E-state index contributed by atoms with van der Waals surface area (Å²) in [6.45, 7) is 5.98. The first-order valence-corrected chi connectivity index (χ1v) is 5.84. The van der Waals surface area contributed by atoms with E-state index in [0.717, 1.165) is 17.7 Å². The number of carbonyl (C=O) groups excluding carboxylic acids is 1. The van der Waals surface area contributed by atoms with Gasteiger partial charge in [-0.2, -0.15) is 5.10 Å². The van der Waals surface area contributed by atoms with Gasteiger partial charge < -0.3 is 4.74 Å². The van der Waals surface area contributed by atoms with Gasteiger partial charge in [-0.25, -0.2) is 4.79 Å². The smallest absolute Gasteiger partial charge is 0.358 e. The van der Waals surface area contributed by atoms with Gasteiger partial charge in [0.1, 0.15) is 0 Å². The molecule has 0 spiro atoms. The monoisotopic (exact) mass is 244 g/mol. The van der Waals surface area contributed by atoms with E-state index in [1.807, 2.05) is 20.8 Å². The third kappa shape index (κ3) is 2.21. The summed E-state index contributed by atoms with van der Waals surface area (Å²) in [5.74, 6) is -0.0478. The van der Waals surface area contributed by atoms with E-state index < -0.39 is 5.97 Å². The van der Waals surface area contributed by atoms with E-state index >= 15 is 0 Å². The second-order valence-electron chi connectivity index (χ2n) is 3.79. The van der Waals surface area contributed by atoms with Crippen LogP contribution in [0, 0.1) is 0 Å². The van der Waals surface area contributed by atoms with Crippen LogP contribution in [0.3, 0.4) is 0 Å². The minimum absolute atomic E-state index is 0.178. The average Bonchev–Trinajstić information content (AvgIpc) is 2.66. The van der Waals surface area contributed by atoms with Crippen molar-refractivity contribution in [3.63, 3.8) is 0 Å². The highest BCUT2D eigenvalue weighted by atomic mass is 35.5. The summed E-state index contributed by atoms with van der Waals surface area (Å²) < 4.78 is 6.50. The van der Waals surface area contributed by atoms with Gasteiger partial charge in [0.25, 0.3) is 0 Å². The molecule has 0 saturated heterocycles. The third-order valence-electron chi connectivity index (χ3n) is 2.47. The molecule has 0 unspecified atom stereocenters. The number of esters is 1. The first-order valence-electron chi connectivity index (χ1n) is 5.31. The van der Waals surface area contributed by atoms with Crippen LogP contribution in [-0.4, -0.2) is 22.9 Å². The molecule has 0 radical (unpaired) electrons. The highest BCUT2D eigenvalue weighted by Crippen LogP contribution is 2.21. The summed E-state index contributed by atoms with van der Waals surface area (Å²) in [4.78, 5) is 11.6. The highest BCUT2D eigenvalue weighted by Gasteiger charge is 2.22. The summed E-state index contributed by atoms with van der Waals surface area (Å²) in [6, 6.07) is 0.178. The molecule has 0 N–H and O–H groups in total. The van der Waals surface area contributed by atoms with Crippen molar-refractivity contribution < 1.29 is 9.53 Å². The van der Waals surface area contributed by atoms with Gasteiger partial charge in [0.15, 0.2) is 5.69 Å². The maximum atomic E-state index is 11.6. The molecule has 1 aromatic rings. The summed E-state index contributed by atoms with van der Waals surface area (Å²) >= 11 is 5.91. The van der Waals surface area contributed by atoms with Crippen molar-refractivity contribution in [3.05, 3.63) is 17.0 Å². The van der Waals surface area contributed by atoms with Crippen molar-refractivity contribution in [2.45, 2.75) is 39.1 Å². The van der Waals surface area contributed by atoms with E-state index in [2.05, 4.69) is 5.10 Å². The molecule has 0 fully saturated rings. The van der Waals surface area contributed by atoms with Crippen LogP contribution in [-0.2, 0) is 17.0 Å². The number of methoxy groups -OCH3 is 1. The van der Waals surface area contributed by atoms with Crippen LogP contribution in [0.2, 0.25) is 0 Å². The zero-order valence-electron chi connectivity index (χ0n) is 10.1. The van der Waals surface area contributed by atoms with Crippen LogP contribution in [0.4, 0.5) is 0 Å². The minimum atomic E-state index is -0.400. The lowest BCUT2D eigenvalue weighted by molar-refractivity contribution is 0.0591. The van der Waals surface area contributed by atoms with Crippen LogP contribution < -0.4 is 0 Å². The Morgan fingerprint density at radius 2 is 2.19 bits per heavy atom. The van der Waals surface area contributed by atoms with Crippen LogP contribution >= 0.6 is 11.6 Å². The van der Waals surface area contributed by atoms with Crippen molar-refractivity contribution in [1.29, 1.82) is 0 Å². The fourth-order valence-electron chi connectivity index (χ4n) is 1.70. The molecule has 1 rings (SSSR count). The lowest BCUT2D eigenvalue weighted by atomic mass is 10.1.